The Morgan fingerprint density at radius 2 is 2.05 bits per heavy atom. The molecule has 0 saturated heterocycles. The molecule has 0 radical (unpaired) electrons. The summed E-state index contributed by atoms with van der Waals surface area (Å²) in [5, 5.41) is 2.88. The topological polar surface area (TPSA) is 38.3 Å². The van der Waals surface area contributed by atoms with E-state index < -0.39 is 5.82 Å². The van der Waals surface area contributed by atoms with Gasteiger partial charge in [0.15, 0.2) is 0 Å². The highest BCUT2D eigenvalue weighted by atomic mass is 35.5. The lowest BCUT2D eigenvalue weighted by molar-refractivity contribution is -0.115. The Balaban J connectivity index is 2.15. The standard InChI is InChI=1S/C16H15ClFNO2/c1-10-3-6-15(21-2)11(7-10)8-16(20)19-14-9-12(17)4-5-13(14)18/h3-7,9H,8H2,1-2H3,(H,19,20). The third-order valence-corrected chi connectivity index (χ3v) is 3.22. The lowest BCUT2D eigenvalue weighted by Crippen LogP contribution is -2.16. The molecule has 0 atom stereocenters. The average Bonchev–Trinajstić information content (AvgIpc) is 2.43. The Morgan fingerprint density at radius 1 is 1.29 bits per heavy atom. The third-order valence-electron chi connectivity index (χ3n) is 2.99. The maximum Gasteiger partial charge on any atom is 0.229 e. The van der Waals surface area contributed by atoms with Gasteiger partial charge in [-0.3, -0.25) is 4.79 Å². The van der Waals surface area contributed by atoms with Crippen molar-refractivity contribution in [1.82, 2.24) is 0 Å². The van der Waals surface area contributed by atoms with Gasteiger partial charge in [0.05, 0.1) is 19.2 Å². The molecule has 0 aliphatic heterocycles. The van der Waals surface area contributed by atoms with E-state index in [0.717, 1.165) is 11.1 Å². The number of benzene rings is 2. The maximum absolute atomic E-state index is 13.6. The van der Waals surface area contributed by atoms with Crippen molar-refractivity contribution in [2.45, 2.75) is 13.3 Å². The van der Waals surface area contributed by atoms with Gasteiger partial charge in [-0.1, -0.05) is 29.3 Å². The van der Waals surface area contributed by atoms with Crippen molar-refractivity contribution in [3.8, 4) is 5.75 Å². The fraction of sp³-hybridized carbons (Fsp3) is 0.188. The minimum Gasteiger partial charge on any atom is -0.496 e. The van der Waals surface area contributed by atoms with Crippen molar-refractivity contribution >= 4 is 23.2 Å². The molecule has 0 saturated carbocycles. The Hall–Kier alpha value is -2.07. The van der Waals surface area contributed by atoms with Crippen molar-refractivity contribution in [2.24, 2.45) is 0 Å². The van der Waals surface area contributed by atoms with E-state index in [1.165, 1.54) is 18.2 Å². The lowest BCUT2D eigenvalue weighted by Gasteiger charge is -2.10. The average molecular weight is 308 g/mol. The summed E-state index contributed by atoms with van der Waals surface area (Å²) in [5.74, 6) is -0.230. The molecule has 0 fully saturated rings. The predicted octanol–water partition coefficient (Wildman–Crippen LogP) is 3.98. The highest BCUT2D eigenvalue weighted by Gasteiger charge is 2.11. The molecule has 2 aromatic rings. The molecule has 2 aromatic carbocycles. The van der Waals surface area contributed by atoms with Gasteiger partial charge in [0.25, 0.3) is 0 Å². The summed E-state index contributed by atoms with van der Waals surface area (Å²) in [5.41, 5.74) is 1.84. The van der Waals surface area contributed by atoms with Crippen molar-refractivity contribution in [2.75, 3.05) is 12.4 Å². The number of carbonyl (C=O) groups is 1. The molecule has 0 aliphatic carbocycles. The van der Waals surface area contributed by atoms with Crippen LogP contribution in [0, 0.1) is 12.7 Å². The number of nitrogens with one attached hydrogen (secondary N) is 1. The Bertz CT molecular complexity index is 673. The van der Waals surface area contributed by atoms with E-state index in [0.29, 0.717) is 10.8 Å². The fourth-order valence-corrected chi connectivity index (χ4v) is 2.18. The summed E-state index contributed by atoms with van der Waals surface area (Å²) in [4.78, 5) is 12.0. The maximum atomic E-state index is 13.6. The number of carbonyl (C=O) groups excluding carboxylic acids is 1. The summed E-state index contributed by atoms with van der Waals surface area (Å²) < 4.78 is 18.8. The van der Waals surface area contributed by atoms with Gasteiger partial charge in [-0.05, 0) is 31.2 Å². The van der Waals surface area contributed by atoms with Crippen LogP contribution in [0.3, 0.4) is 0 Å². The highest BCUT2D eigenvalue weighted by Crippen LogP contribution is 2.22. The smallest absolute Gasteiger partial charge is 0.229 e. The zero-order valence-electron chi connectivity index (χ0n) is 11.7. The number of rotatable bonds is 4. The van der Waals surface area contributed by atoms with E-state index in [4.69, 9.17) is 16.3 Å². The van der Waals surface area contributed by atoms with E-state index in [-0.39, 0.29) is 18.0 Å². The Kier molecular flexibility index (Phi) is 4.81. The van der Waals surface area contributed by atoms with E-state index in [2.05, 4.69) is 5.32 Å². The number of ether oxygens (including phenoxy) is 1. The first-order valence-electron chi connectivity index (χ1n) is 6.38. The molecule has 0 aromatic heterocycles. The van der Waals surface area contributed by atoms with Gasteiger partial charge in [0.1, 0.15) is 11.6 Å². The number of anilines is 1. The van der Waals surface area contributed by atoms with Gasteiger partial charge in [-0.25, -0.2) is 4.39 Å². The summed E-state index contributed by atoms with van der Waals surface area (Å²) in [6.45, 7) is 1.93. The fourth-order valence-electron chi connectivity index (χ4n) is 2.01. The van der Waals surface area contributed by atoms with Crippen LogP contribution in [0.2, 0.25) is 5.02 Å². The molecule has 1 amide bonds. The van der Waals surface area contributed by atoms with Crippen LogP contribution in [0.5, 0.6) is 5.75 Å². The van der Waals surface area contributed by atoms with Crippen molar-refractivity contribution in [1.29, 1.82) is 0 Å². The van der Waals surface area contributed by atoms with Crippen LogP contribution >= 0.6 is 11.6 Å². The highest BCUT2D eigenvalue weighted by molar-refractivity contribution is 6.30. The van der Waals surface area contributed by atoms with Gasteiger partial charge in [-0.2, -0.15) is 0 Å². The zero-order chi connectivity index (χ0) is 15.4. The van der Waals surface area contributed by atoms with Crippen LogP contribution in [0.4, 0.5) is 10.1 Å². The number of methoxy groups -OCH3 is 1. The predicted molar refractivity (Wildman–Crippen MR) is 81.5 cm³/mol. The molecule has 2 rings (SSSR count). The molecule has 0 bridgehead atoms. The normalized spacial score (nSPS) is 10.3. The lowest BCUT2D eigenvalue weighted by atomic mass is 10.1. The Morgan fingerprint density at radius 3 is 2.76 bits per heavy atom. The summed E-state index contributed by atoms with van der Waals surface area (Å²) in [7, 11) is 1.54. The molecule has 3 nitrogen and oxygen atoms in total. The Labute approximate surface area is 127 Å². The van der Waals surface area contributed by atoms with Gasteiger partial charge >= 0.3 is 0 Å². The van der Waals surface area contributed by atoms with Gasteiger partial charge in [-0.15, -0.1) is 0 Å². The van der Waals surface area contributed by atoms with Gasteiger partial charge in [0, 0.05) is 10.6 Å². The van der Waals surface area contributed by atoms with Gasteiger partial charge < -0.3 is 10.1 Å². The van der Waals surface area contributed by atoms with E-state index in [9.17, 15) is 9.18 Å². The SMILES string of the molecule is COc1ccc(C)cc1CC(=O)Nc1cc(Cl)ccc1F. The number of hydrogen-bond acceptors (Lipinski definition) is 2. The summed E-state index contributed by atoms with van der Waals surface area (Å²) >= 11 is 5.79. The van der Waals surface area contributed by atoms with Crippen molar-refractivity contribution in [3.05, 3.63) is 58.4 Å². The molecule has 5 heteroatoms. The minimum atomic E-state index is -0.524. The van der Waals surface area contributed by atoms with Crippen LogP contribution < -0.4 is 10.1 Å². The molecular weight excluding hydrogens is 293 g/mol. The number of amides is 1. The first-order chi connectivity index (χ1) is 9.99. The molecule has 1 N–H and O–H groups in total. The number of aryl methyl sites for hydroxylation is 1. The molecular formula is C16H15ClFNO2. The van der Waals surface area contributed by atoms with E-state index >= 15 is 0 Å². The second-order valence-corrected chi connectivity index (χ2v) is 5.10. The molecule has 0 unspecified atom stereocenters. The van der Waals surface area contributed by atoms with Crippen molar-refractivity contribution in [3.63, 3.8) is 0 Å². The quantitative estimate of drug-likeness (QED) is 0.928. The van der Waals surface area contributed by atoms with Crippen LogP contribution in [-0.4, -0.2) is 13.0 Å². The third kappa shape index (κ3) is 3.95. The first kappa shape index (κ1) is 15.3. The van der Waals surface area contributed by atoms with Crippen LogP contribution in [-0.2, 0) is 11.2 Å². The van der Waals surface area contributed by atoms with Crippen LogP contribution in [0.15, 0.2) is 36.4 Å². The zero-order valence-corrected chi connectivity index (χ0v) is 12.5. The number of halogens is 2. The largest absolute Gasteiger partial charge is 0.496 e. The molecule has 21 heavy (non-hydrogen) atoms. The molecule has 110 valence electrons. The molecule has 0 aliphatic rings. The minimum absolute atomic E-state index is 0.0686. The summed E-state index contributed by atoms with van der Waals surface area (Å²) in [6, 6.07) is 9.59. The number of hydrogen-bond donors (Lipinski definition) is 1. The first-order valence-corrected chi connectivity index (χ1v) is 6.76. The van der Waals surface area contributed by atoms with Crippen molar-refractivity contribution < 1.29 is 13.9 Å². The molecule has 0 heterocycles. The summed E-state index contributed by atoms with van der Waals surface area (Å²) in [6.07, 6.45) is 0.0941. The van der Waals surface area contributed by atoms with E-state index in [1.54, 1.807) is 13.2 Å². The monoisotopic (exact) mass is 307 g/mol. The van der Waals surface area contributed by atoms with Crippen LogP contribution in [0.1, 0.15) is 11.1 Å². The second kappa shape index (κ2) is 6.59. The molecule has 0 spiro atoms. The van der Waals surface area contributed by atoms with E-state index in [1.807, 2.05) is 19.1 Å². The second-order valence-electron chi connectivity index (χ2n) is 4.66. The van der Waals surface area contributed by atoms with Gasteiger partial charge in [0.2, 0.25) is 5.91 Å². The van der Waals surface area contributed by atoms with Crippen LogP contribution in [0.25, 0.3) is 0 Å².